The Bertz CT molecular complexity index is 1790. The van der Waals surface area contributed by atoms with Crippen molar-refractivity contribution in [3.63, 3.8) is 0 Å². The Kier molecular flexibility index (Phi) is 8.91. The van der Waals surface area contributed by atoms with E-state index in [0.717, 1.165) is 23.6 Å². The molecule has 0 bridgehead atoms. The largest absolute Gasteiger partial charge is 0.439 e. The zero-order valence-corrected chi connectivity index (χ0v) is 24.9. The molecule has 0 atom stereocenters. The highest BCUT2D eigenvalue weighted by Gasteiger charge is 2.76. The molecule has 2 amide bonds. The smallest absolute Gasteiger partial charge is 0.352 e. The van der Waals surface area contributed by atoms with E-state index in [9.17, 15) is 40.3 Å². The first-order valence-electron chi connectivity index (χ1n) is 12.9. The molecule has 3 aromatic heterocycles. The van der Waals surface area contributed by atoms with Gasteiger partial charge in [0, 0.05) is 17.8 Å². The predicted molar refractivity (Wildman–Crippen MR) is 148 cm³/mol. The zero-order chi connectivity index (χ0) is 33.6. The van der Waals surface area contributed by atoms with Crippen LogP contribution >= 0.6 is 34.8 Å². The molecule has 0 saturated heterocycles. The Morgan fingerprint density at radius 1 is 0.935 bits per heavy atom. The number of tetrazole rings is 1. The Balaban J connectivity index is 1.50. The molecule has 21 heteroatoms. The van der Waals surface area contributed by atoms with Crippen LogP contribution < -0.4 is 10.6 Å². The molecule has 244 valence electrons. The van der Waals surface area contributed by atoms with E-state index < -0.39 is 42.2 Å². The zero-order valence-electron chi connectivity index (χ0n) is 22.6. The molecule has 11 nitrogen and oxygen atoms in total. The molecular weight excluding hydrogens is 698 g/mol. The van der Waals surface area contributed by atoms with Crippen LogP contribution in [0, 0.1) is 5.92 Å². The van der Waals surface area contributed by atoms with E-state index in [-0.39, 0.29) is 48.3 Å². The summed E-state index contributed by atoms with van der Waals surface area (Å²) in [5.74, 6) is -3.63. The Morgan fingerprint density at radius 2 is 1.63 bits per heavy atom. The number of alkyl halides is 7. The molecule has 0 spiro atoms. The summed E-state index contributed by atoms with van der Waals surface area (Å²) in [6, 6.07) is 6.46. The maximum atomic E-state index is 14.4. The number of benzene rings is 1. The predicted octanol–water partition coefficient (Wildman–Crippen LogP) is 5.94. The molecule has 1 aliphatic carbocycles. The van der Waals surface area contributed by atoms with Crippen LogP contribution in [0.3, 0.4) is 0 Å². The lowest BCUT2D eigenvalue weighted by Gasteiger charge is -2.26. The molecule has 1 aliphatic rings. The summed E-state index contributed by atoms with van der Waals surface area (Å²) >= 11 is 18.7. The van der Waals surface area contributed by atoms with Crippen molar-refractivity contribution in [3.8, 4) is 5.82 Å². The van der Waals surface area contributed by atoms with Gasteiger partial charge in [0.2, 0.25) is 5.82 Å². The van der Waals surface area contributed by atoms with Gasteiger partial charge in [-0.1, -0.05) is 34.8 Å². The maximum absolute atomic E-state index is 14.4. The first-order valence-corrected chi connectivity index (χ1v) is 14.0. The SMILES string of the molecule is O=C(NCC1CC1)c1cc(Cl)cc(Cl)c1NC(=O)c1cc(Cn2nnc(C(F)(C(F)(F)F)C(F)(F)F)n2)nn1-c1ncccc1Cl. The second-order valence-corrected chi connectivity index (χ2v) is 11.2. The van der Waals surface area contributed by atoms with Gasteiger partial charge in [0.15, 0.2) is 5.82 Å². The molecule has 1 fully saturated rings. The Morgan fingerprint density at radius 3 is 2.26 bits per heavy atom. The van der Waals surface area contributed by atoms with Crippen LogP contribution in [0.5, 0.6) is 0 Å². The fourth-order valence-electron chi connectivity index (χ4n) is 4.08. The number of hydrogen-bond acceptors (Lipinski definition) is 7. The van der Waals surface area contributed by atoms with Crippen molar-refractivity contribution < 1.29 is 40.3 Å². The van der Waals surface area contributed by atoms with Crippen LogP contribution in [0.4, 0.5) is 36.4 Å². The van der Waals surface area contributed by atoms with Gasteiger partial charge in [-0.25, -0.2) is 14.1 Å². The number of nitrogens with one attached hydrogen (secondary N) is 2. The minimum atomic E-state index is -6.46. The average Bonchev–Trinajstić information content (AvgIpc) is 3.52. The summed E-state index contributed by atoms with van der Waals surface area (Å²) in [5.41, 5.74) is -6.69. The average molecular weight is 715 g/mol. The fraction of sp³-hybridized carbons (Fsp3) is 0.320. The normalized spacial score (nSPS) is 14.0. The van der Waals surface area contributed by atoms with E-state index in [2.05, 4.69) is 36.1 Å². The van der Waals surface area contributed by atoms with Gasteiger partial charge in [-0.2, -0.15) is 36.2 Å². The van der Waals surface area contributed by atoms with E-state index in [1.54, 1.807) is 0 Å². The minimum Gasteiger partial charge on any atom is -0.352 e. The summed E-state index contributed by atoms with van der Waals surface area (Å²) in [6.45, 7) is -0.398. The number of hydrogen-bond donors (Lipinski definition) is 2. The number of halogens is 10. The summed E-state index contributed by atoms with van der Waals surface area (Å²) in [5, 5.41) is 18.0. The summed E-state index contributed by atoms with van der Waals surface area (Å²) in [6.07, 6.45) is -9.72. The fourth-order valence-corrected chi connectivity index (χ4v) is 4.82. The molecule has 1 saturated carbocycles. The third-order valence-corrected chi connectivity index (χ3v) is 7.38. The van der Waals surface area contributed by atoms with Crippen LogP contribution in [-0.2, 0) is 12.2 Å². The van der Waals surface area contributed by atoms with Gasteiger partial charge in [-0.15, -0.1) is 10.2 Å². The molecule has 46 heavy (non-hydrogen) atoms. The van der Waals surface area contributed by atoms with Gasteiger partial charge in [-0.05, 0) is 54.3 Å². The van der Waals surface area contributed by atoms with E-state index in [4.69, 9.17) is 34.8 Å². The third-order valence-electron chi connectivity index (χ3n) is 6.56. The van der Waals surface area contributed by atoms with Gasteiger partial charge in [-0.3, -0.25) is 9.59 Å². The molecule has 4 aromatic rings. The van der Waals surface area contributed by atoms with Crippen molar-refractivity contribution in [1.82, 2.24) is 40.3 Å². The van der Waals surface area contributed by atoms with Gasteiger partial charge >= 0.3 is 18.0 Å². The molecule has 0 aliphatic heterocycles. The minimum absolute atomic E-state index is 0.0189. The van der Waals surface area contributed by atoms with Gasteiger partial charge in [0.1, 0.15) is 12.2 Å². The highest BCUT2D eigenvalue weighted by atomic mass is 35.5. The number of aromatic nitrogens is 7. The molecule has 2 N–H and O–H groups in total. The van der Waals surface area contributed by atoms with Crippen molar-refractivity contribution in [1.29, 1.82) is 0 Å². The number of nitrogens with zero attached hydrogens (tertiary/aromatic N) is 7. The van der Waals surface area contributed by atoms with Gasteiger partial charge < -0.3 is 10.6 Å². The monoisotopic (exact) mass is 713 g/mol. The van der Waals surface area contributed by atoms with E-state index in [1.165, 1.54) is 30.5 Å². The molecule has 3 heterocycles. The van der Waals surface area contributed by atoms with Crippen LogP contribution in [-0.4, -0.2) is 65.7 Å². The van der Waals surface area contributed by atoms with Crippen LogP contribution in [0.25, 0.3) is 5.82 Å². The number of amides is 2. The Hall–Kier alpha value is -4.03. The first kappa shape index (κ1) is 33.3. The molecule has 5 rings (SSSR count). The van der Waals surface area contributed by atoms with Crippen molar-refractivity contribution in [2.24, 2.45) is 5.92 Å². The second kappa shape index (κ2) is 12.3. The topological polar surface area (TPSA) is 133 Å². The van der Waals surface area contributed by atoms with E-state index in [1.807, 2.05) is 0 Å². The van der Waals surface area contributed by atoms with Crippen LogP contribution in [0.15, 0.2) is 36.5 Å². The Labute approximate surface area is 268 Å². The molecule has 1 aromatic carbocycles. The first-order chi connectivity index (χ1) is 21.5. The lowest BCUT2D eigenvalue weighted by Crippen LogP contribution is -2.51. The number of anilines is 1. The third kappa shape index (κ3) is 6.59. The van der Waals surface area contributed by atoms with Gasteiger partial charge in [0.25, 0.3) is 11.8 Å². The van der Waals surface area contributed by atoms with Crippen molar-refractivity contribution in [2.75, 3.05) is 11.9 Å². The van der Waals surface area contributed by atoms with E-state index in [0.29, 0.717) is 12.5 Å². The number of carbonyl (C=O) groups is 2. The maximum Gasteiger partial charge on any atom is 0.439 e. The molecular formula is C25H17Cl3F7N9O2. The molecule has 0 radical (unpaired) electrons. The summed E-state index contributed by atoms with van der Waals surface area (Å²) in [4.78, 5) is 30.8. The number of carbonyl (C=O) groups excluding carboxylic acids is 2. The summed E-state index contributed by atoms with van der Waals surface area (Å²) < 4.78 is 94.2. The molecule has 0 unspecified atom stereocenters. The van der Waals surface area contributed by atoms with Crippen molar-refractivity contribution in [2.45, 2.75) is 37.4 Å². The number of pyridine rings is 1. The van der Waals surface area contributed by atoms with Crippen LogP contribution in [0.2, 0.25) is 15.1 Å². The van der Waals surface area contributed by atoms with Gasteiger partial charge in [0.05, 0.1) is 27.0 Å². The highest BCUT2D eigenvalue weighted by molar-refractivity contribution is 6.38. The van der Waals surface area contributed by atoms with Crippen molar-refractivity contribution in [3.05, 3.63) is 74.4 Å². The standard InChI is InChI=1S/C25H17Cl3F7N9O2/c26-12-6-14(20(45)37-9-11-3-4-11)18(16(28)7-12)38-21(46)17-8-13(40-44(17)19-15(27)2-1-5-36-19)10-43-41-22(39-42-43)23(29,24(30,31)32)25(33,34)35/h1-2,5-8,11H,3-4,9-10H2,(H,37,45)(H,38,46). The number of rotatable bonds is 9. The lowest BCUT2D eigenvalue weighted by atomic mass is 10.1. The highest BCUT2D eigenvalue weighted by Crippen LogP contribution is 2.51. The van der Waals surface area contributed by atoms with Crippen molar-refractivity contribution >= 4 is 52.3 Å². The van der Waals surface area contributed by atoms with E-state index >= 15 is 0 Å². The lowest BCUT2D eigenvalue weighted by molar-refractivity contribution is -0.351. The van der Waals surface area contributed by atoms with Crippen LogP contribution in [0.1, 0.15) is 45.2 Å². The second-order valence-electron chi connectivity index (χ2n) is 9.96. The quantitative estimate of drug-likeness (QED) is 0.205. The summed E-state index contributed by atoms with van der Waals surface area (Å²) in [7, 11) is 0.